The molecule has 0 aromatic heterocycles. The van der Waals surface area contributed by atoms with Gasteiger partial charge in [0, 0.05) is 19.5 Å². The number of thiocarbonyl (C=S) groups is 1. The Hall–Kier alpha value is -1.06. The monoisotopic (exact) mass is 318 g/mol. The highest BCUT2D eigenvalue weighted by molar-refractivity contribution is 7.89. The molecule has 4 N–H and O–H groups in total. The number of nitrogens with two attached hydrogens (primary N) is 1. The van der Waals surface area contributed by atoms with Crippen LogP contribution >= 0.6 is 12.2 Å². The van der Waals surface area contributed by atoms with E-state index in [1.807, 2.05) is 0 Å². The molecule has 112 valence electrons. The first-order valence-electron chi connectivity index (χ1n) is 6.01. The van der Waals surface area contributed by atoms with Crippen molar-refractivity contribution in [2.45, 2.75) is 11.3 Å². The largest absolute Gasteiger partial charge is 0.395 e. The summed E-state index contributed by atoms with van der Waals surface area (Å²) in [7, 11) is -3.72. The fourth-order valence-corrected chi connectivity index (χ4v) is 3.29. The second-order valence-electron chi connectivity index (χ2n) is 4.14. The van der Waals surface area contributed by atoms with Crippen LogP contribution in [0.2, 0.25) is 0 Å². The Bertz CT molecular complexity index is 537. The van der Waals surface area contributed by atoms with E-state index < -0.39 is 10.0 Å². The van der Waals surface area contributed by atoms with Crippen molar-refractivity contribution in [1.29, 1.82) is 0 Å². The second kappa shape index (κ2) is 7.65. The van der Waals surface area contributed by atoms with Gasteiger partial charge in [-0.3, -0.25) is 0 Å². The quantitative estimate of drug-likeness (QED) is 0.558. The van der Waals surface area contributed by atoms with Crippen molar-refractivity contribution < 1.29 is 18.6 Å². The maximum Gasteiger partial charge on any atom is 0.243 e. The number of sulfonamides is 1. The minimum Gasteiger partial charge on any atom is -0.395 e. The molecule has 0 heterocycles. The molecule has 0 spiro atoms. The number of nitrogens with zero attached hydrogens (tertiary/aromatic N) is 1. The number of benzene rings is 1. The van der Waals surface area contributed by atoms with Crippen molar-refractivity contribution in [1.82, 2.24) is 4.31 Å². The molecule has 1 aromatic rings. The van der Waals surface area contributed by atoms with Crippen LogP contribution in [-0.2, 0) is 16.4 Å². The zero-order valence-electron chi connectivity index (χ0n) is 10.9. The van der Waals surface area contributed by atoms with Crippen LogP contribution in [0.1, 0.15) is 5.56 Å². The number of aliphatic hydroxyl groups excluding tert-OH is 2. The zero-order chi connectivity index (χ0) is 15.2. The minimum atomic E-state index is -3.72. The molecule has 0 aliphatic carbocycles. The van der Waals surface area contributed by atoms with Gasteiger partial charge in [0.05, 0.1) is 23.1 Å². The van der Waals surface area contributed by atoms with Gasteiger partial charge in [-0.05, 0) is 17.7 Å². The van der Waals surface area contributed by atoms with E-state index in [-0.39, 0.29) is 31.2 Å². The summed E-state index contributed by atoms with van der Waals surface area (Å²) >= 11 is 4.79. The van der Waals surface area contributed by atoms with E-state index in [9.17, 15) is 8.42 Å². The Morgan fingerprint density at radius 1 is 1.15 bits per heavy atom. The molecular weight excluding hydrogens is 300 g/mol. The summed E-state index contributed by atoms with van der Waals surface area (Å²) in [5.41, 5.74) is 6.25. The number of hydrogen-bond acceptors (Lipinski definition) is 5. The summed E-state index contributed by atoms with van der Waals surface area (Å²) in [6.07, 6.45) is 0.409. The van der Waals surface area contributed by atoms with Gasteiger partial charge in [0.25, 0.3) is 0 Å². The Balaban J connectivity index is 2.98. The fourth-order valence-electron chi connectivity index (χ4n) is 1.70. The Morgan fingerprint density at radius 3 is 2.05 bits per heavy atom. The third-order valence-corrected chi connectivity index (χ3v) is 4.70. The summed E-state index contributed by atoms with van der Waals surface area (Å²) in [4.78, 5) is 0.439. The standard InChI is InChI=1S/C12H18N2O4S2/c13-12(19)9-10-1-3-11(4-2-10)20(17,18)14(5-7-15)6-8-16/h1-4,15-16H,5-9H2,(H2,13,19). The molecule has 6 nitrogen and oxygen atoms in total. The molecule has 0 bridgehead atoms. The van der Waals surface area contributed by atoms with Gasteiger partial charge in [0.15, 0.2) is 0 Å². The first kappa shape index (κ1) is 17.0. The van der Waals surface area contributed by atoms with E-state index in [2.05, 4.69) is 0 Å². The van der Waals surface area contributed by atoms with Gasteiger partial charge in [-0.2, -0.15) is 4.31 Å². The molecule has 0 saturated carbocycles. The average molecular weight is 318 g/mol. The van der Waals surface area contributed by atoms with E-state index in [0.29, 0.717) is 11.4 Å². The number of hydrogen-bond donors (Lipinski definition) is 3. The van der Waals surface area contributed by atoms with Crippen LogP contribution in [-0.4, -0.2) is 54.2 Å². The van der Waals surface area contributed by atoms with Crippen molar-refractivity contribution in [3.05, 3.63) is 29.8 Å². The normalized spacial score (nSPS) is 11.8. The predicted octanol–water partition coefficient (Wildman–Crippen LogP) is -0.509. The van der Waals surface area contributed by atoms with Crippen LogP contribution < -0.4 is 5.73 Å². The molecule has 0 fully saturated rings. The van der Waals surface area contributed by atoms with Crippen molar-refractivity contribution in [2.24, 2.45) is 5.73 Å². The molecule has 0 saturated heterocycles. The minimum absolute atomic E-state index is 0.0580. The van der Waals surface area contributed by atoms with E-state index in [0.717, 1.165) is 9.87 Å². The van der Waals surface area contributed by atoms with Crippen molar-refractivity contribution >= 4 is 27.2 Å². The van der Waals surface area contributed by atoms with Gasteiger partial charge in [-0.1, -0.05) is 24.4 Å². The van der Waals surface area contributed by atoms with Crippen LogP contribution in [0.25, 0.3) is 0 Å². The maximum absolute atomic E-state index is 12.3. The third-order valence-electron chi connectivity index (χ3n) is 2.64. The lowest BCUT2D eigenvalue weighted by molar-refractivity contribution is 0.217. The summed E-state index contributed by atoms with van der Waals surface area (Å²) < 4.78 is 25.6. The second-order valence-corrected chi connectivity index (χ2v) is 6.60. The first-order valence-corrected chi connectivity index (χ1v) is 7.85. The Labute approximate surface area is 123 Å². The highest BCUT2D eigenvalue weighted by atomic mass is 32.2. The maximum atomic E-state index is 12.3. The first-order chi connectivity index (χ1) is 9.41. The van der Waals surface area contributed by atoms with Crippen LogP contribution in [0, 0.1) is 0 Å². The molecule has 1 aromatic carbocycles. The summed E-state index contributed by atoms with van der Waals surface area (Å²) in [6.45, 7) is -0.730. The molecule has 0 atom stereocenters. The van der Waals surface area contributed by atoms with Gasteiger partial charge in [0.2, 0.25) is 10.0 Å². The smallest absolute Gasteiger partial charge is 0.243 e. The molecular formula is C12H18N2O4S2. The zero-order valence-corrected chi connectivity index (χ0v) is 12.5. The van der Waals surface area contributed by atoms with Gasteiger partial charge in [-0.25, -0.2) is 8.42 Å². The fraction of sp³-hybridized carbons (Fsp3) is 0.417. The van der Waals surface area contributed by atoms with Crippen molar-refractivity contribution in [2.75, 3.05) is 26.3 Å². The van der Waals surface area contributed by atoms with Gasteiger partial charge < -0.3 is 15.9 Å². The van der Waals surface area contributed by atoms with Gasteiger partial charge in [-0.15, -0.1) is 0 Å². The van der Waals surface area contributed by atoms with Crippen LogP contribution in [0.15, 0.2) is 29.2 Å². The van der Waals surface area contributed by atoms with Gasteiger partial charge >= 0.3 is 0 Å². The van der Waals surface area contributed by atoms with Crippen LogP contribution in [0.4, 0.5) is 0 Å². The molecule has 20 heavy (non-hydrogen) atoms. The highest BCUT2D eigenvalue weighted by Gasteiger charge is 2.23. The lowest BCUT2D eigenvalue weighted by atomic mass is 10.1. The molecule has 1 rings (SSSR count). The lowest BCUT2D eigenvalue weighted by Crippen LogP contribution is -2.35. The van der Waals surface area contributed by atoms with Crippen molar-refractivity contribution in [3.63, 3.8) is 0 Å². The topological polar surface area (TPSA) is 104 Å². The molecule has 0 aliphatic rings. The summed E-state index contributed by atoms with van der Waals surface area (Å²) in [6, 6.07) is 6.21. The average Bonchev–Trinajstić information content (AvgIpc) is 2.38. The summed E-state index contributed by atoms with van der Waals surface area (Å²) in [5, 5.41) is 17.8. The molecule has 0 radical (unpaired) electrons. The van der Waals surface area contributed by atoms with E-state index in [1.54, 1.807) is 12.1 Å². The van der Waals surface area contributed by atoms with E-state index >= 15 is 0 Å². The SMILES string of the molecule is NC(=S)Cc1ccc(S(=O)(=O)N(CCO)CCO)cc1. The van der Waals surface area contributed by atoms with Crippen LogP contribution in [0.5, 0.6) is 0 Å². The lowest BCUT2D eigenvalue weighted by Gasteiger charge is -2.20. The summed E-state index contributed by atoms with van der Waals surface area (Å²) in [5.74, 6) is 0. The Kier molecular flexibility index (Phi) is 6.50. The van der Waals surface area contributed by atoms with E-state index in [4.69, 9.17) is 28.2 Å². The number of rotatable bonds is 8. The van der Waals surface area contributed by atoms with Crippen molar-refractivity contribution in [3.8, 4) is 0 Å². The predicted molar refractivity (Wildman–Crippen MR) is 79.9 cm³/mol. The molecule has 0 unspecified atom stereocenters. The van der Waals surface area contributed by atoms with E-state index in [1.165, 1.54) is 12.1 Å². The van der Waals surface area contributed by atoms with Crippen LogP contribution in [0.3, 0.4) is 0 Å². The molecule has 0 aliphatic heterocycles. The molecule has 0 amide bonds. The third kappa shape index (κ3) is 4.50. The molecule has 8 heteroatoms. The van der Waals surface area contributed by atoms with Gasteiger partial charge in [0.1, 0.15) is 0 Å². The number of aliphatic hydroxyl groups is 2. The highest BCUT2D eigenvalue weighted by Crippen LogP contribution is 2.16. The Morgan fingerprint density at radius 2 is 1.65 bits per heavy atom.